The maximum atomic E-state index is 14.1. The molecule has 0 saturated carbocycles. The summed E-state index contributed by atoms with van der Waals surface area (Å²) >= 11 is 0. The van der Waals surface area contributed by atoms with Crippen molar-refractivity contribution in [2.24, 2.45) is 11.5 Å². The topological polar surface area (TPSA) is 327 Å². The van der Waals surface area contributed by atoms with Gasteiger partial charge in [0, 0.05) is 73.8 Å². The number of nitrogens with zero attached hydrogens (tertiary/aromatic N) is 11. The van der Waals surface area contributed by atoms with Gasteiger partial charge in [-0.05, 0) is 111 Å². The van der Waals surface area contributed by atoms with E-state index < -0.39 is 41.4 Å². The van der Waals surface area contributed by atoms with E-state index in [0.717, 1.165) is 5.69 Å². The summed E-state index contributed by atoms with van der Waals surface area (Å²) in [6.07, 6.45) is 5.20. The Bertz CT molecular complexity index is 3780. The van der Waals surface area contributed by atoms with E-state index >= 15 is 0 Å². The predicted molar refractivity (Wildman–Crippen MR) is 306 cm³/mol. The molecule has 26 nitrogen and oxygen atoms in total. The Kier molecular flexibility index (Phi) is 18.6. The first kappa shape index (κ1) is 59.5. The number of aromatic nitrogens is 11. The van der Waals surface area contributed by atoms with Crippen molar-refractivity contribution < 1.29 is 52.5 Å². The molecule has 0 spiro atoms. The fourth-order valence-corrected chi connectivity index (χ4v) is 9.28. The molecule has 83 heavy (non-hydrogen) atoms. The average Bonchev–Trinajstić information content (AvgIpc) is 4.48. The van der Waals surface area contributed by atoms with E-state index in [1.807, 2.05) is 55.2 Å². The lowest BCUT2D eigenvalue weighted by molar-refractivity contribution is -0.155. The summed E-state index contributed by atoms with van der Waals surface area (Å²) in [7, 11) is 0. The molecule has 26 heteroatoms. The van der Waals surface area contributed by atoms with E-state index in [4.69, 9.17) is 50.1 Å². The summed E-state index contributed by atoms with van der Waals surface area (Å²) < 4.78 is 37.4. The van der Waals surface area contributed by atoms with Gasteiger partial charge in [0.05, 0.1) is 54.4 Å². The molecular weight excluding hydrogens is 1070 g/mol. The van der Waals surface area contributed by atoms with Crippen LogP contribution in [0.5, 0.6) is 11.5 Å². The number of carbonyl (C=O) groups excluding carboxylic acids is 6. The smallest absolute Gasteiger partial charge is 0.407 e. The Morgan fingerprint density at radius 1 is 0.651 bits per heavy atom. The van der Waals surface area contributed by atoms with Gasteiger partial charge in [-0.1, -0.05) is 12.2 Å². The quantitative estimate of drug-likeness (QED) is 0.0189. The number of nitrogens with one attached hydrogen (secondary N) is 2. The van der Waals surface area contributed by atoms with Gasteiger partial charge in [-0.3, -0.25) is 38.5 Å². The SMILES string of the molecule is CCn1nc(C)cc1C(=O)Nc1nc2cc(C(N)=O)cc(OCCCOC(=O)c3cc(C)nn3CC)c2n1C/C=C/Cn1c2nc(-c3cc(C)nn3CC)ncc2c2cc(C(N)=O)cc(OCCCNC(=O)OCCC(=O)OC(C)(C)C)c21. The molecule has 438 valence electrons. The summed E-state index contributed by atoms with van der Waals surface area (Å²) in [4.78, 5) is 92.0. The van der Waals surface area contributed by atoms with E-state index in [9.17, 15) is 28.8 Å². The number of alkyl carbamates (subject to hydrolysis) is 1. The van der Waals surface area contributed by atoms with Crippen LogP contribution >= 0.6 is 0 Å². The van der Waals surface area contributed by atoms with Crippen molar-refractivity contribution in [1.29, 1.82) is 0 Å². The molecule has 2 aromatic carbocycles. The third-order valence-corrected chi connectivity index (χ3v) is 12.9. The number of anilines is 1. The Labute approximate surface area is 477 Å². The fraction of sp³-hybridized carbons (Fsp3) is 0.404. The highest BCUT2D eigenvalue weighted by Gasteiger charge is 2.25. The predicted octanol–water partition coefficient (Wildman–Crippen LogP) is 6.73. The van der Waals surface area contributed by atoms with Crippen molar-refractivity contribution in [3.8, 4) is 23.0 Å². The fourth-order valence-electron chi connectivity index (χ4n) is 9.28. The Balaban J connectivity index is 1.12. The van der Waals surface area contributed by atoms with Crippen molar-refractivity contribution in [3.05, 3.63) is 100 Å². The summed E-state index contributed by atoms with van der Waals surface area (Å²) in [6.45, 7) is 18.3. The van der Waals surface area contributed by atoms with Crippen molar-refractivity contribution in [1.82, 2.24) is 58.7 Å². The van der Waals surface area contributed by atoms with Gasteiger partial charge in [-0.25, -0.2) is 24.5 Å². The normalized spacial score (nSPS) is 11.7. The monoisotopic (exact) mass is 1140 g/mol. The lowest BCUT2D eigenvalue weighted by Gasteiger charge is -2.19. The molecule has 0 unspecified atom stereocenters. The number of hydrogen-bond donors (Lipinski definition) is 4. The van der Waals surface area contributed by atoms with Gasteiger partial charge in [-0.15, -0.1) is 0 Å². The van der Waals surface area contributed by atoms with E-state index in [2.05, 4.69) is 25.9 Å². The number of ether oxygens (including phenoxy) is 5. The van der Waals surface area contributed by atoms with E-state index in [-0.39, 0.29) is 81.7 Å². The van der Waals surface area contributed by atoms with Crippen molar-refractivity contribution in [2.75, 3.05) is 38.3 Å². The van der Waals surface area contributed by atoms with Gasteiger partial charge in [0.1, 0.15) is 52.0 Å². The zero-order valence-corrected chi connectivity index (χ0v) is 48.0. The number of aryl methyl sites for hydroxylation is 6. The Morgan fingerprint density at radius 2 is 1.25 bits per heavy atom. The van der Waals surface area contributed by atoms with Gasteiger partial charge in [0.15, 0.2) is 5.82 Å². The third kappa shape index (κ3) is 14.1. The van der Waals surface area contributed by atoms with Crippen LogP contribution in [0.4, 0.5) is 10.7 Å². The molecule has 4 amide bonds. The zero-order valence-electron chi connectivity index (χ0n) is 48.0. The van der Waals surface area contributed by atoms with Crippen molar-refractivity contribution in [3.63, 3.8) is 0 Å². The van der Waals surface area contributed by atoms with Crippen LogP contribution in [-0.4, -0.2) is 128 Å². The van der Waals surface area contributed by atoms with Crippen LogP contribution in [0.2, 0.25) is 0 Å². The first-order valence-corrected chi connectivity index (χ1v) is 27.3. The number of rotatable bonds is 26. The second-order valence-corrected chi connectivity index (χ2v) is 20.4. The van der Waals surface area contributed by atoms with Gasteiger partial charge in [-0.2, -0.15) is 15.3 Å². The van der Waals surface area contributed by atoms with Gasteiger partial charge in [0.2, 0.25) is 17.8 Å². The molecule has 0 aliphatic rings. The molecule has 0 bridgehead atoms. The van der Waals surface area contributed by atoms with Crippen LogP contribution in [0.1, 0.15) is 120 Å². The standard InChI is InChI=1S/C57H69N15O11/c1-10-70-41(25-33(4)65-70)51-61-32-39-38-28-36(49(58)74)30-44(79-21-15-18-60-56(78)82-24-17-46(73)83-57(7,8)9)47(38)68(52(39)63-51)19-13-14-20-69-48-40(62-55(69)64-53(76)42-26-34(5)66-71(42)11-2)29-37(50(59)75)31-45(48)80-22-16-23-81-54(77)43-27-35(6)67-72(43)12-3/h13-14,25-32H,10-12,15-24H2,1-9H3,(H2,58,74)(H2,59,75)(H,60,78)(H,62,64,76)/b14-13+. The van der Waals surface area contributed by atoms with Crippen LogP contribution in [0, 0.1) is 20.8 Å². The Hall–Kier alpha value is -9.62. The molecule has 0 aliphatic heterocycles. The molecule has 6 aromatic heterocycles. The number of benzene rings is 2. The van der Waals surface area contributed by atoms with Crippen LogP contribution in [0.15, 0.2) is 60.8 Å². The average molecular weight is 1140 g/mol. The maximum Gasteiger partial charge on any atom is 0.407 e. The molecule has 6 N–H and O–H groups in total. The van der Waals surface area contributed by atoms with Crippen LogP contribution in [0.3, 0.4) is 0 Å². The first-order valence-electron chi connectivity index (χ1n) is 27.3. The number of amides is 4. The number of allylic oxidation sites excluding steroid dienone is 2. The number of esters is 2. The molecule has 8 rings (SSSR count). The molecular formula is C57H69N15O11. The number of carbonyl (C=O) groups is 6. The van der Waals surface area contributed by atoms with Crippen molar-refractivity contribution in [2.45, 2.75) is 120 Å². The molecule has 0 saturated heterocycles. The highest BCUT2D eigenvalue weighted by atomic mass is 16.6. The van der Waals surface area contributed by atoms with E-state index in [0.29, 0.717) is 99.1 Å². The summed E-state index contributed by atoms with van der Waals surface area (Å²) in [6, 6.07) is 11.5. The Morgan fingerprint density at radius 3 is 1.92 bits per heavy atom. The number of hydrogen-bond acceptors (Lipinski definition) is 17. The van der Waals surface area contributed by atoms with Gasteiger partial charge in [0.25, 0.3) is 5.91 Å². The van der Waals surface area contributed by atoms with Gasteiger partial charge >= 0.3 is 18.0 Å². The zero-order chi connectivity index (χ0) is 59.7. The highest BCUT2D eigenvalue weighted by Crippen LogP contribution is 2.37. The van der Waals surface area contributed by atoms with Crippen LogP contribution in [-0.2, 0) is 51.7 Å². The van der Waals surface area contributed by atoms with E-state index in [1.165, 1.54) is 12.1 Å². The number of imidazole rings is 1. The van der Waals surface area contributed by atoms with Crippen LogP contribution < -0.4 is 31.6 Å². The summed E-state index contributed by atoms with van der Waals surface area (Å²) in [5.74, 6) is -1.88. The largest absolute Gasteiger partial charge is 0.491 e. The van der Waals surface area contributed by atoms with Gasteiger partial charge < -0.3 is 49.6 Å². The number of fused-ring (bicyclic) bond motifs is 4. The molecule has 6 heterocycles. The molecule has 0 radical (unpaired) electrons. The van der Waals surface area contributed by atoms with Crippen molar-refractivity contribution >= 4 is 74.7 Å². The summed E-state index contributed by atoms with van der Waals surface area (Å²) in [5.41, 5.74) is 16.6. The highest BCUT2D eigenvalue weighted by molar-refractivity contribution is 6.12. The lowest BCUT2D eigenvalue weighted by Crippen LogP contribution is -2.28. The minimum Gasteiger partial charge on any atom is -0.491 e. The summed E-state index contributed by atoms with van der Waals surface area (Å²) in [5, 5.41) is 20.2. The van der Waals surface area contributed by atoms with Crippen LogP contribution in [0.25, 0.3) is 44.5 Å². The number of nitrogens with two attached hydrogens (primary N) is 2. The second kappa shape index (κ2) is 25.9. The maximum absolute atomic E-state index is 14.1. The minimum absolute atomic E-state index is 0.0143. The minimum atomic E-state index is -0.736. The lowest BCUT2D eigenvalue weighted by atomic mass is 10.1. The first-order chi connectivity index (χ1) is 39.7. The second-order valence-electron chi connectivity index (χ2n) is 20.4. The molecule has 0 fully saturated rings. The number of primary amides is 2. The van der Waals surface area contributed by atoms with E-state index in [1.54, 1.807) is 79.0 Å². The molecule has 0 atom stereocenters. The third-order valence-electron chi connectivity index (χ3n) is 12.9. The molecule has 0 aliphatic carbocycles. The molecule has 8 aromatic rings.